The Kier molecular flexibility index (Phi) is 4.86. The van der Waals surface area contributed by atoms with Gasteiger partial charge in [0.2, 0.25) is 0 Å². The monoisotopic (exact) mass is 270 g/mol. The van der Waals surface area contributed by atoms with E-state index in [9.17, 15) is 24.6 Å². The van der Waals surface area contributed by atoms with Crippen molar-refractivity contribution in [1.82, 2.24) is 0 Å². The maximum absolute atomic E-state index is 12.9. The van der Waals surface area contributed by atoms with Crippen LogP contribution in [0.15, 0.2) is 23.3 Å². The SMILES string of the molecule is CCC(F)C=NNc1ccc([N+](=O)[O-])cc1[N+](=O)[O-]. The molecule has 1 N–H and O–H groups in total. The van der Waals surface area contributed by atoms with Gasteiger partial charge in [-0.2, -0.15) is 5.10 Å². The Balaban J connectivity index is 2.97. The Hall–Kier alpha value is -2.58. The zero-order valence-electron chi connectivity index (χ0n) is 9.95. The van der Waals surface area contributed by atoms with E-state index < -0.39 is 27.4 Å². The topological polar surface area (TPSA) is 111 Å². The van der Waals surface area contributed by atoms with Gasteiger partial charge in [0, 0.05) is 6.07 Å². The lowest BCUT2D eigenvalue weighted by atomic mass is 10.2. The van der Waals surface area contributed by atoms with Crippen LogP contribution in [0.3, 0.4) is 0 Å². The average molecular weight is 270 g/mol. The number of nitro benzene ring substituents is 2. The normalized spacial score (nSPS) is 12.3. The van der Waals surface area contributed by atoms with Crippen molar-refractivity contribution in [3.8, 4) is 0 Å². The number of nitrogens with one attached hydrogen (secondary N) is 1. The minimum atomic E-state index is -1.26. The summed E-state index contributed by atoms with van der Waals surface area (Å²) in [5, 5.41) is 24.8. The van der Waals surface area contributed by atoms with Gasteiger partial charge in [-0.05, 0) is 12.5 Å². The highest BCUT2D eigenvalue weighted by Gasteiger charge is 2.19. The largest absolute Gasteiger partial charge is 0.301 e. The molecule has 19 heavy (non-hydrogen) atoms. The molecule has 0 saturated carbocycles. The molecule has 0 amide bonds. The molecule has 1 rings (SSSR count). The Bertz CT molecular complexity index is 520. The van der Waals surface area contributed by atoms with E-state index in [2.05, 4.69) is 10.5 Å². The summed E-state index contributed by atoms with van der Waals surface area (Å²) in [5.74, 6) is 0. The van der Waals surface area contributed by atoms with Crippen LogP contribution in [0.2, 0.25) is 0 Å². The molecule has 1 atom stereocenters. The number of alkyl halides is 1. The molecule has 0 heterocycles. The van der Waals surface area contributed by atoms with E-state index in [1.165, 1.54) is 0 Å². The Morgan fingerprint density at radius 3 is 2.63 bits per heavy atom. The van der Waals surface area contributed by atoms with Gasteiger partial charge in [0.1, 0.15) is 11.9 Å². The molecule has 0 aliphatic rings. The van der Waals surface area contributed by atoms with Crippen molar-refractivity contribution in [2.24, 2.45) is 5.10 Å². The van der Waals surface area contributed by atoms with Crippen LogP contribution in [0.5, 0.6) is 0 Å². The van der Waals surface area contributed by atoms with Crippen molar-refractivity contribution >= 4 is 23.3 Å². The van der Waals surface area contributed by atoms with Gasteiger partial charge < -0.3 is 0 Å². The summed E-state index contributed by atoms with van der Waals surface area (Å²) >= 11 is 0. The van der Waals surface area contributed by atoms with Gasteiger partial charge in [0.15, 0.2) is 0 Å². The summed E-state index contributed by atoms with van der Waals surface area (Å²) in [6, 6.07) is 3.05. The second kappa shape index (κ2) is 6.38. The molecule has 0 aliphatic heterocycles. The van der Waals surface area contributed by atoms with Gasteiger partial charge in [0.05, 0.1) is 22.1 Å². The molecule has 102 valence electrons. The summed E-state index contributed by atoms with van der Waals surface area (Å²) in [6.07, 6.45) is -0.0665. The summed E-state index contributed by atoms with van der Waals surface area (Å²) in [7, 11) is 0. The first-order valence-electron chi connectivity index (χ1n) is 5.31. The number of benzene rings is 1. The van der Waals surface area contributed by atoms with E-state index in [1.54, 1.807) is 6.92 Å². The molecule has 1 unspecified atom stereocenters. The van der Waals surface area contributed by atoms with Crippen molar-refractivity contribution in [3.05, 3.63) is 38.4 Å². The first kappa shape index (κ1) is 14.5. The number of nitro groups is 2. The number of hydrogen-bond donors (Lipinski definition) is 1. The van der Waals surface area contributed by atoms with Gasteiger partial charge in [0.25, 0.3) is 5.69 Å². The number of nitrogens with zero attached hydrogens (tertiary/aromatic N) is 3. The summed E-state index contributed by atoms with van der Waals surface area (Å²) in [6.45, 7) is 1.62. The standard InChI is InChI=1S/C10H11FN4O4/c1-2-7(11)6-12-13-9-4-3-8(14(16)17)5-10(9)15(18)19/h3-7,13H,2H2,1H3. The molecular weight excluding hydrogens is 259 g/mol. The quantitative estimate of drug-likeness (QED) is 0.485. The molecule has 0 radical (unpaired) electrons. The van der Waals surface area contributed by atoms with Crippen molar-refractivity contribution in [2.75, 3.05) is 5.43 Å². The van der Waals surface area contributed by atoms with E-state index in [4.69, 9.17) is 0 Å². The summed E-state index contributed by atoms with van der Waals surface area (Å²) in [5.41, 5.74) is 1.34. The highest BCUT2D eigenvalue weighted by molar-refractivity contribution is 5.68. The van der Waals surface area contributed by atoms with E-state index >= 15 is 0 Å². The molecule has 0 aliphatic carbocycles. The van der Waals surface area contributed by atoms with Gasteiger partial charge in [-0.1, -0.05) is 6.92 Å². The first-order chi connectivity index (χ1) is 8.95. The van der Waals surface area contributed by atoms with Crippen molar-refractivity contribution < 1.29 is 14.2 Å². The van der Waals surface area contributed by atoms with Gasteiger partial charge in [-0.15, -0.1) is 0 Å². The minimum Gasteiger partial charge on any atom is -0.272 e. The average Bonchev–Trinajstić information content (AvgIpc) is 2.38. The first-order valence-corrected chi connectivity index (χ1v) is 5.31. The zero-order chi connectivity index (χ0) is 14.4. The third kappa shape index (κ3) is 3.98. The number of rotatable bonds is 6. The fraction of sp³-hybridized carbons (Fsp3) is 0.300. The number of anilines is 1. The van der Waals surface area contributed by atoms with Crippen molar-refractivity contribution in [2.45, 2.75) is 19.5 Å². The predicted octanol–water partition coefficient (Wildman–Crippen LogP) is 2.65. The highest BCUT2D eigenvalue weighted by atomic mass is 19.1. The Morgan fingerprint density at radius 2 is 2.11 bits per heavy atom. The second-order valence-corrected chi connectivity index (χ2v) is 3.53. The minimum absolute atomic E-state index is 0.0462. The van der Waals surface area contributed by atoms with Crippen LogP contribution in [0.1, 0.15) is 13.3 Å². The molecule has 1 aromatic rings. The number of non-ortho nitro benzene ring substituents is 1. The van der Waals surface area contributed by atoms with Gasteiger partial charge >= 0.3 is 5.69 Å². The Labute approximate surface area is 107 Å². The maximum atomic E-state index is 12.9. The maximum Gasteiger partial charge on any atom is 0.301 e. The van der Waals surface area contributed by atoms with Crippen molar-refractivity contribution in [1.29, 1.82) is 0 Å². The third-order valence-corrected chi connectivity index (χ3v) is 2.20. The molecule has 0 spiro atoms. The Morgan fingerprint density at radius 1 is 1.42 bits per heavy atom. The second-order valence-electron chi connectivity index (χ2n) is 3.53. The van der Waals surface area contributed by atoms with Crippen LogP contribution in [0.4, 0.5) is 21.5 Å². The third-order valence-electron chi connectivity index (χ3n) is 2.20. The molecule has 0 bridgehead atoms. The highest BCUT2D eigenvalue weighted by Crippen LogP contribution is 2.28. The van der Waals surface area contributed by atoms with E-state index in [-0.39, 0.29) is 12.1 Å². The molecule has 8 nitrogen and oxygen atoms in total. The van der Waals surface area contributed by atoms with Crippen LogP contribution in [0, 0.1) is 20.2 Å². The summed E-state index contributed by atoms with van der Waals surface area (Å²) < 4.78 is 12.9. The number of halogens is 1. The molecular formula is C10H11FN4O4. The predicted molar refractivity (Wildman–Crippen MR) is 67.1 cm³/mol. The molecule has 0 aromatic heterocycles. The fourth-order valence-electron chi connectivity index (χ4n) is 1.17. The smallest absolute Gasteiger partial charge is 0.272 e. The lowest BCUT2D eigenvalue weighted by Crippen LogP contribution is -2.03. The van der Waals surface area contributed by atoms with Crippen LogP contribution in [-0.4, -0.2) is 22.2 Å². The van der Waals surface area contributed by atoms with Crippen molar-refractivity contribution in [3.63, 3.8) is 0 Å². The zero-order valence-corrected chi connectivity index (χ0v) is 9.95. The molecule has 0 saturated heterocycles. The van der Waals surface area contributed by atoms with Crippen LogP contribution < -0.4 is 5.43 Å². The molecule has 0 fully saturated rings. The van der Waals surface area contributed by atoms with E-state index in [0.29, 0.717) is 0 Å². The van der Waals surface area contributed by atoms with Gasteiger partial charge in [-0.25, -0.2) is 4.39 Å². The lowest BCUT2D eigenvalue weighted by Gasteiger charge is -2.02. The van der Waals surface area contributed by atoms with Crippen LogP contribution >= 0.6 is 0 Å². The van der Waals surface area contributed by atoms with Gasteiger partial charge in [-0.3, -0.25) is 25.7 Å². The summed E-state index contributed by atoms with van der Waals surface area (Å²) in [4.78, 5) is 19.8. The van der Waals surface area contributed by atoms with E-state index in [0.717, 1.165) is 24.4 Å². The van der Waals surface area contributed by atoms with E-state index in [1.807, 2.05) is 0 Å². The molecule has 1 aromatic carbocycles. The lowest BCUT2D eigenvalue weighted by molar-refractivity contribution is -0.393. The molecule has 9 heteroatoms. The number of hydrazone groups is 1. The van der Waals surface area contributed by atoms with Crippen LogP contribution in [-0.2, 0) is 0 Å². The van der Waals surface area contributed by atoms with Crippen LogP contribution in [0.25, 0.3) is 0 Å². The number of hydrogen-bond acceptors (Lipinski definition) is 6. The fourth-order valence-corrected chi connectivity index (χ4v) is 1.17.